The van der Waals surface area contributed by atoms with E-state index in [1.807, 2.05) is 31.2 Å². The molecule has 0 atom stereocenters. The summed E-state index contributed by atoms with van der Waals surface area (Å²) in [5, 5.41) is 6.14. The van der Waals surface area contributed by atoms with E-state index in [0.717, 1.165) is 34.4 Å². The average Bonchev–Trinajstić information content (AvgIpc) is 3.09. The van der Waals surface area contributed by atoms with Crippen LogP contribution in [0.2, 0.25) is 0 Å². The molecule has 0 aliphatic heterocycles. The molecule has 1 aromatic carbocycles. The highest BCUT2D eigenvalue weighted by Crippen LogP contribution is 2.21. The number of ether oxygens (including phenoxy) is 1. The fraction of sp³-hybridized carbons (Fsp3) is 0.250. The molecule has 140 valence electrons. The van der Waals surface area contributed by atoms with Crippen LogP contribution >= 0.6 is 27.3 Å². The van der Waals surface area contributed by atoms with Gasteiger partial charge in [0.2, 0.25) is 5.88 Å². The number of halogens is 1. The van der Waals surface area contributed by atoms with Crippen LogP contribution in [0.15, 0.2) is 52.4 Å². The maximum atomic E-state index is 12.2. The van der Waals surface area contributed by atoms with Crippen LogP contribution < -0.4 is 10.1 Å². The van der Waals surface area contributed by atoms with E-state index in [4.69, 9.17) is 4.74 Å². The predicted molar refractivity (Wildman–Crippen MR) is 111 cm³/mol. The third-order valence-corrected chi connectivity index (χ3v) is 5.36. The van der Waals surface area contributed by atoms with Crippen molar-refractivity contribution in [2.24, 2.45) is 0 Å². The molecule has 3 aromatic rings. The van der Waals surface area contributed by atoms with Crippen molar-refractivity contribution in [1.82, 2.24) is 15.3 Å². The molecule has 1 N–H and O–H groups in total. The average molecular weight is 446 g/mol. The molecule has 0 unspecified atom stereocenters. The second-order valence-electron chi connectivity index (χ2n) is 6.04. The lowest BCUT2D eigenvalue weighted by atomic mass is 10.2. The van der Waals surface area contributed by atoms with Crippen molar-refractivity contribution in [1.29, 1.82) is 0 Å². The number of pyridine rings is 1. The van der Waals surface area contributed by atoms with Crippen molar-refractivity contribution >= 4 is 33.2 Å². The summed E-state index contributed by atoms with van der Waals surface area (Å²) in [5.41, 5.74) is 1.59. The lowest BCUT2D eigenvalue weighted by molar-refractivity contribution is 0.0952. The molecule has 0 fully saturated rings. The number of thiazole rings is 1. The van der Waals surface area contributed by atoms with Crippen LogP contribution in [-0.2, 0) is 6.42 Å². The Bertz CT molecular complexity index is 879. The number of aromatic nitrogens is 2. The van der Waals surface area contributed by atoms with Crippen molar-refractivity contribution in [2.45, 2.75) is 26.2 Å². The van der Waals surface area contributed by atoms with Gasteiger partial charge in [0.05, 0.1) is 10.6 Å². The van der Waals surface area contributed by atoms with E-state index >= 15 is 0 Å². The van der Waals surface area contributed by atoms with Gasteiger partial charge < -0.3 is 10.1 Å². The van der Waals surface area contributed by atoms with Crippen molar-refractivity contribution in [3.8, 4) is 11.6 Å². The molecule has 7 heteroatoms. The van der Waals surface area contributed by atoms with Gasteiger partial charge in [0, 0.05) is 34.4 Å². The third kappa shape index (κ3) is 6.15. The van der Waals surface area contributed by atoms with Gasteiger partial charge in [0.1, 0.15) is 5.75 Å². The van der Waals surface area contributed by atoms with Gasteiger partial charge in [-0.3, -0.25) is 4.79 Å². The molecule has 5 nitrogen and oxygen atoms in total. The number of carbonyl (C=O) groups is 1. The van der Waals surface area contributed by atoms with Crippen molar-refractivity contribution < 1.29 is 9.53 Å². The Morgan fingerprint density at radius 1 is 1.19 bits per heavy atom. The summed E-state index contributed by atoms with van der Waals surface area (Å²) in [6, 6.07) is 10.9. The number of benzene rings is 1. The molecule has 1 amide bonds. The second-order valence-corrected chi connectivity index (χ2v) is 7.90. The number of unbranched alkanes of at least 4 members (excludes halogenated alkanes) is 1. The fourth-order valence-corrected chi connectivity index (χ4v) is 3.50. The number of rotatable bonds is 8. The first-order chi connectivity index (χ1) is 13.1. The topological polar surface area (TPSA) is 64.1 Å². The van der Waals surface area contributed by atoms with Crippen molar-refractivity contribution in [3.05, 3.63) is 68.7 Å². The maximum absolute atomic E-state index is 12.2. The van der Waals surface area contributed by atoms with Gasteiger partial charge in [0.15, 0.2) is 0 Å². The molecule has 0 radical (unpaired) electrons. The normalized spacial score (nSPS) is 10.6. The number of nitrogens with one attached hydrogen (secondary N) is 1. The number of hydrogen-bond donors (Lipinski definition) is 1. The minimum absolute atomic E-state index is 0.122. The summed E-state index contributed by atoms with van der Waals surface area (Å²) in [7, 11) is 0. The number of carbonyl (C=O) groups excluding carboxylic acids is 1. The van der Waals surface area contributed by atoms with E-state index in [1.165, 1.54) is 6.20 Å². The molecule has 2 aromatic heterocycles. The van der Waals surface area contributed by atoms with Crippen LogP contribution in [0.3, 0.4) is 0 Å². The molecule has 2 heterocycles. The number of hydrogen-bond acceptors (Lipinski definition) is 5. The van der Waals surface area contributed by atoms with E-state index in [0.29, 0.717) is 23.7 Å². The van der Waals surface area contributed by atoms with Crippen LogP contribution in [-0.4, -0.2) is 22.4 Å². The Labute approximate surface area is 171 Å². The second kappa shape index (κ2) is 9.62. The molecular formula is C20H20BrN3O2S. The number of amides is 1. The first-order valence-electron chi connectivity index (χ1n) is 8.69. The Balaban J connectivity index is 1.41. The van der Waals surface area contributed by atoms with Gasteiger partial charge in [-0.2, -0.15) is 0 Å². The van der Waals surface area contributed by atoms with Gasteiger partial charge in [0.25, 0.3) is 5.91 Å². The maximum Gasteiger partial charge on any atom is 0.252 e. The summed E-state index contributed by atoms with van der Waals surface area (Å²) < 4.78 is 6.64. The van der Waals surface area contributed by atoms with E-state index in [2.05, 4.69) is 36.6 Å². The third-order valence-electron chi connectivity index (χ3n) is 3.80. The van der Waals surface area contributed by atoms with Gasteiger partial charge in [-0.15, -0.1) is 11.3 Å². The molecule has 3 rings (SSSR count). The zero-order chi connectivity index (χ0) is 19.1. The van der Waals surface area contributed by atoms with Gasteiger partial charge in [-0.05, 0) is 56.5 Å². The van der Waals surface area contributed by atoms with Gasteiger partial charge >= 0.3 is 0 Å². The quantitative estimate of drug-likeness (QED) is 0.486. The standard InChI is InChI=1S/C20H20BrN3O2S/c1-14-13-27-19(24-14)4-2-3-11-22-20(25)15-5-10-18(23-12-15)26-17-8-6-16(21)7-9-17/h5-10,12-13H,2-4,11H2,1H3,(H,22,25). The van der Waals surface area contributed by atoms with E-state index < -0.39 is 0 Å². The zero-order valence-electron chi connectivity index (χ0n) is 14.9. The lowest BCUT2D eigenvalue weighted by Crippen LogP contribution is -2.24. The van der Waals surface area contributed by atoms with E-state index in [1.54, 1.807) is 23.5 Å². The van der Waals surface area contributed by atoms with Gasteiger partial charge in [-0.25, -0.2) is 9.97 Å². The monoisotopic (exact) mass is 445 g/mol. The van der Waals surface area contributed by atoms with E-state index in [-0.39, 0.29) is 5.91 Å². The van der Waals surface area contributed by atoms with Crippen LogP contribution in [0, 0.1) is 6.92 Å². The Kier molecular flexibility index (Phi) is 6.95. The smallest absolute Gasteiger partial charge is 0.252 e. The van der Waals surface area contributed by atoms with Gasteiger partial charge in [-0.1, -0.05) is 15.9 Å². The molecular weight excluding hydrogens is 426 g/mol. The fourth-order valence-electron chi connectivity index (χ4n) is 2.42. The molecule has 27 heavy (non-hydrogen) atoms. The van der Waals surface area contributed by atoms with Crippen LogP contribution in [0.4, 0.5) is 0 Å². The lowest BCUT2D eigenvalue weighted by Gasteiger charge is -2.07. The summed E-state index contributed by atoms with van der Waals surface area (Å²) in [5.74, 6) is 1.02. The predicted octanol–water partition coefficient (Wildman–Crippen LogP) is 5.15. The summed E-state index contributed by atoms with van der Waals surface area (Å²) in [4.78, 5) is 20.8. The molecule has 0 bridgehead atoms. The van der Waals surface area contributed by atoms with Crippen molar-refractivity contribution in [3.63, 3.8) is 0 Å². The Hall–Kier alpha value is -2.25. The molecule has 0 saturated heterocycles. The number of nitrogens with zero attached hydrogens (tertiary/aromatic N) is 2. The van der Waals surface area contributed by atoms with Crippen molar-refractivity contribution in [2.75, 3.05) is 6.54 Å². The highest BCUT2D eigenvalue weighted by atomic mass is 79.9. The van der Waals surface area contributed by atoms with Crippen LogP contribution in [0.5, 0.6) is 11.6 Å². The summed E-state index contributed by atoms with van der Waals surface area (Å²) in [6.45, 7) is 2.64. The first-order valence-corrected chi connectivity index (χ1v) is 10.4. The van der Waals surface area contributed by atoms with Crippen LogP contribution in [0.1, 0.15) is 33.9 Å². The largest absolute Gasteiger partial charge is 0.439 e. The molecule has 0 aliphatic rings. The minimum Gasteiger partial charge on any atom is -0.439 e. The van der Waals surface area contributed by atoms with E-state index in [9.17, 15) is 4.79 Å². The summed E-state index contributed by atoms with van der Waals surface area (Å²) in [6.07, 6.45) is 4.41. The minimum atomic E-state index is -0.122. The molecule has 0 spiro atoms. The Morgan fingerprint density at radius 2 is 2.00 bits per heavy atom. The van der Waals surface area contributed by atoms with Crippen LogP contribution in [0.25, 0.3) is 0 Å². The Morgan fingerprint density at radius 3 is 2.67 bits per heavy atom. The number of aryl methyl sites for hydroxylation is 2. The zero-order valence-corrected chi connectivity index (χ0v) is 17.3. The molecule has 0 saturated carbocycles. The SMILES string of the molecule is Cc1csc(CCCCNC(=O)c2ccc(Oc3ccc(Br)cc3)nc2)n1. The first kappa shape index (κ1) is 19.5. The summed E-state index contributed by atoms with van der Waals surface area (Å²) >= 11 is 5.07. The highest BCUT2D eigenvalue weighted by molar-refractivity contribution is 9.10. The highest BCUT2D eigenvalue weighted by Gasteiger charge is 2.07. The molecule has 0 aliphatic carbocycles.